The second-order valence-electron chi connectivity index (χ2n) is 10.3. The SMILES string of the molecule is COc1ccccc1CNC(=O)[C@@H]1CN2CC[C@H]1C[C@@H]2Cn1cc(-c2ccc(-c3ccccc3)cc2)nn1. The van der Waals surface area contributed by atoms with Gasteiger partial charge in [-0.2, -0.15) is 0 Å². The lowest BCUT2D eigenvalue weighted by atomic mass is 9.75. The lowest BCUT2D eigenvalue weighted by molar-refractivity contribution is -0.133. The highest BCUT2D eigenvalue weighted by Gasteiger charge is 2.43. The number of amides is 1. The van der Waals surface area contributed by atoms with Gasteiger partial charge in [-0.05, 0) is 42.5 Å². The first-order valence-electron chi connectivity index (χ1n) is 13.4. The molecule has 0 spiro atoms. The van der Waals surface area contributed by atoms with Gasteiger partial charge in [0.2, 0.25) is 5.91 Å². The highest BCUT2D eigenvalue weighted by Crippen LogP contribution is 2.37. The van der Waals surface area contributed by atoms with Crippen molar-refractivity contribution < 1.29 is 9.53 Å². The van der Waals surface area contributed by atoms with Gasteiger partial charge in [-0.15, -0.1) is 5.10 Å². The predicted molar refractivity (Wildman–Crippen MR) is 147 cm³/mol. The third-order valence-corrected chi connectivity index (χ3v) is 8.09. The average molecular weight is 508 g/mol. The topological polar surface area (TPSA) is 72.3 Å². The molecule has 1 N–H and O–H groups in total. The molecule has 0 saturated carbocycles. The van der Waals surface area contributed by atoms with E-state index in [2.05, 4.69) is 69.1 Å². The fourth-order valence-corrected chi connectivity index (χ4v) is 5.99. The van der Waals surface area contributed by atoms with Crippen molar-refractivity contribution in [2.75, 3.05) is 20.2 Å². The summed E-state index contributed by atoms with van der Waals surface area (Å²) in [6, 6.07) is 27.1. The number of fused-ring (bicyclic) bond motifs is 3. The molecule has 3 fully saturated rings. The van der Waals surface area contributed by atoms with E-state index in [1.807, 2.05) is 41.2 Å². The number of aromatic nitrogens is 3. The van der Waals surface area contributed by atoms with Crippen LogP contribution in [0.4, 0.5) is 0 Å². The maximum Gasteiger partial charge on any atom is 0.224 e. The van der Waals surface area contributed by atoms with Crippen LogP contribution in [0.2, 0.25) is 0 Å². The molecule has 2 bridgehead atoms. The molecule has 1 unspecified atom stereocenters. The number of carbonyl (C=O) groups excluding carboxylic acids is 1. The predicted octanol–water partition coefficient (Wildman–Crippen LogP) is 4.65. The van der Waals surface area contributed by atoms with E-state index in [4.69, 9.17) is 4.74 Å². The number of methoxy groups -OCH3 is 1. The van der Waals surface area contributed by atoms with Crippen LogP contribution >= 0.6 is 0 Å². The molecule has 0 radical (unpaired) electrons. The number of nitrogens with one attached hydrogen (secondary N) is 1. The Hall–Kier alpha value is -3.97. The van der Waals surface area contributed by atoms with Crippen LogP contribution in [0.15, 0.2) is 85.1 Å². The third-order valence-electron chi connectivity index (χ3n) is 8.09. The largest absolute Gasteiger partial charge is 0.496 e. The van der Waals surface area contributed by atoms with Crippen LogP contribution in [-0.2, 0) is 17.9 Å². The van der Waals surface area contributed by atoms with Gasteiger partial charge in [0.25, 0.3) is 0 Å². The molecule has 194 valence electrons. The number of nitrogens with zero attached hydrogens (tertiary/aromatic N) is 4. The van der Waals surface area contributed by atoms with Crippen LogP contribution in [0.25, 0.3) is 22.4 Å². The third kappa shape index (κ3) is 5.07. The first kappa shape index (κ1) is 24.4. The van der Waals surface area contributed by atoms with Gasteiger partial charge >= 0.3 is 0 Å². The Morgan fingerprint density at radius 2 is 1.71 bits per heavy atom. The first-order valence-corrected chi connectivity index (χ1v) is 13.4. The highest BCUT2D eigenvalue weighted by molar-refractivity contribution is 5.79. The quantitative estimate of drug-likeness (QED) is 0.376. The summed E-state index contributed by atoms with van der Waals surface area (Å²) in [5.74, 6) is 1.38. The van der Waals surface area contributed by atoms with E-state index < -0.39 is 0 Å². The summed E-state index contributed by atoms with van der Waals surface area (Å²) in [4.78, 5) is 15.6. The molecule has 4 heterocycles. The van der Waals surface area contributed by atoms with Crippen molar-refractivity contribution in [3.8, 4) is 28.1 Å². The zero-order valence-corrected chi connectivity index (χ0v) is 21.7. The maximum absolute atomic E-state index is 13.1. The molecular formula is C31H33N5O2. The number of ether oxygens (including phenoxy) is 1. The molecule has 38 heavy (non-hydrogen) atoms. The minimum atomic E-state index is 0.0316. The normalized spacial score (nSPS) is 22.2. The Morgan fingerprint density at radius 1 is 0.974 bits per heavy atom. The zero-order chi connectivity index (χ0) is 25.9. The van der Waals surface area contributed by atoms with Gasteiger partial charge in [0.05, 0.1) is 25.8 Å². The summed E-state index contributed by atoms with van der Waals surface area (Å²) < 4.78 is 7.38. The van der Waals surface area contributed by atoms with Crippen molar-refractivity contribution in [2.45, 2.75) is 32.0 Å². The molecule has 0 aliphatic carbocycles. The Kier molecular flexibility index (Phi) is 6.92. The van der Waals surface area contributed by atoms with Gasteiger partial charge in [-0.1, -0.05) is 78.0 Å². The molecule has 4 aromatic rings. The molecule has 3 aliphatic heterocycles. The summed E-state index contributed by atoms with van der Waals surface area (Å²) in [6.07, 6.45) is 4.12. The fraction of sp³-hybridized carbons (Fsp3) is 0.323. The summed E-state index contributed by atoms with van der Waals surface area (Å²) in [7, 11) is 1.66. The van der Waals surface area contributed by atoms with E-state index in [0.29, 0.717) is 18.5 Å². The van der Waals surface area contributed by atoms with Crippen LogP contribution in [0, 0.1) is 11.8 Å². The van der Waals surface area contributed by atoms with Crippen LogP contribution in [-0.4, -0.2) is 52.0 Å². The number of para-hydroxylation sites is 1. The number of benzene rings is 3. The second kappa shape index (κ2) is 10.8. The van der Waals surface area contributed by atoms with Gasteiger partial charge in [0.1, 0.15) is 11.4 Å². The Balaban J connectivity index is 1.06. The van der Waals surface area contributed by atoms with Crippen LogP contribution < -0.4 is 10.1 Å². The molecule has 3 saturated heterocycles. The lowest BCUT2D eigenvalue weighted by Gasteiger charge is -2.49. The summed E-state index contributed by atoms with van der Waals surface area (Å²) in [5, 5.41) is 12.0. The smallest absolute Gasteiger partial charge is 0.224 e. The number of piperidine rings is 3. The minimum absolute atomic E-state index is 0.0316. The van der Waals surface area contributed by atoms with Gasteiger partial charge in [0.15, 0.2) is 0 Å². The molecule has 7 rings (SSSR count). The molecule has 3 aliphatic rings. The monoisotopic (exact) mass is 507 g/mol. The maximum atomic E-state index is 13.1. The number of hydrogen-bond acceptors (Lipinski definition) is 5. The Morgan fingerprint density at radius 3 is 2.47 bits per heavy atom. The van der Waals surface area contributed by atoms with Gasteiger partial charge < -0.3 is 10.1 Å². The Labute approximate surface area is 223 Å². The van der Waals surface area contributed by atoms with Crippen LogP contribution in [0.1, 0.15) is 18.4 Å². The van der Waals surface area contributed by atoms with Crippen molar-refractivity contribution in [3.63, 3.8) is 0 Å². The van der Waals surface area contributed by atoms with Gasteiger partial charge in [0, 0.05) is 30.3 Å². The summed E-state index contributed by atoms with van der Waals surface area (Å²) in [6.45, 7) is 3.12. The second-order valence-corrected chi connectivity index (χ2v) is 10.3. The average Bonchev–Trinajstić information content (AvgIpc) is 3.45. The van der Waals surface area contributed by atoms with Crippen molar-refractivity contribution in [1.29, 1.82) is 0 Å². The lowest BCUT2D eigenvalue weighted by Crippen LogP contribution is -2.58. The number of carbonyl (C=O) groups is 1. The van der Waals surface area contributed by atoms with E-state index in [1.165, 1.54) is 11.1 Å². The van der Waals surface area contributed by atoms with Crippen molar-refractivity contribution in [1.82, 2.24) is 25.2 Å². The molecule has 3 aromatic carbocycles. The van der Waals surface area contributed by atoms with E-state index in [0.717, 1.165) is 55.0 Å². The summed E-state index contributed by atoms with van der Waals surface area (Å²) in [5.41, 5.74) is 5.34. The molecule has 4 atom stereocenters. The summed E-state index contributed by atoms with van der Waals surface area (Å²) >= 11 is 0. The zero-order valence-electron chi connectivity index (χ0n) is 21.7. The van der Waals surface area contributed by atoms with Crippen LogP contribution in [0.3, 0.4) is 0 Å². The number of rotatable bonds is 8. The van der Waals surface area contributed by atoms with Crippen molar-refractivity contribution in [2.24, 2.45) is 11.8 Å². The highest BCUT2D eigenvalue weighted by atomic mass is 16.5. The first-order chi connectivity index (χ1) is 18.7. The van der Waals surface area contributed by atoms with Crippen LogP contribution in [0.5, 0.6) is 5.75 Å². The van der Waals surface area contributed by atoms with Gasteiger partial charge in [-0.3, -0.25) is 14.4 Å². The van der Waals surface area contributed by atoms with E-state index >= 15 is 0 Å². The van der Waals surface area contributed by atoms with Crippen molar-refractivity contribution >= 4 is 5.91 Å². The molecular weight excluding hydrogens is 474 g/mol. The number of hydrogen-bond donors (Lipinski definition) is 1. The van der Waals surface area contributed by atoms with E-state index in [9.17, 15) is 4.79 Å². The van der Waals surface area contributed by atoms with Crippen molar-refractivity contribution in [3.05, 3.63) is 90.6 Å². The van der Waals surface area contributed by atoms with Gasteiger partial charge in [-0.25, -0.2) is 0 Å². The Bertz CT molecular complexity index is 1380. The standard InChI is InChI=1S/C31H33N5O2/c1-38-30-10-6-5-9-26(30)18-32-31(37)28-20-35-16-15-25(28)17-27(35)19-36-21-29(33-34-36)24-13-11-23(12-14-24)22-7-3-2-4-8-22/h2-14,21,25,27-28H,15-20H2,1H3,(H,32,37)/t25-,27+,28+/m0/s1. The molecule has 1 amide bonds. The molecule has 1 aromatic heterocycles. The van der Waals surface area contributed by atoms with E-state index in [-0.39, 0.29) is 11.8 Å². The fourth-order valence-electron chi connectivity index (χ4n) is 5.99. The van der Waals surface area contributed by atoms with E-state index in [1.54, 1.807) is 7.11 Å². The minimum Gasteiger partial charge on any atom is -0.496 e. The molecule has 7 heteroatoms. The molecule has 7 nitrogen and oxygen atoms in total.